The van der Waals surface area contributed by atoms with Crippen LogP contribution in [0.1, 0.15) is 23.6 Å². The number of hydrogen-bond donors (Lipinski definition) is 1. The molecule has 2 amide bonds. The molecule has 5 rings (SSSR count). The second kappa shape index (κ2) is 11.5. The van der Waals surface area contributed by atoms with E-state index in [1.807, 2.05) is 60.7 Å². The Bertz CT molecular complexity index is 1560. The third-order valence-corrected chi connectivity index (χ3v) is 7.03. The lowest BCUT2D eigenvalue weighted by Crippen LogP contribution is -2.50. The van der Waals surface area contributed by atoms with Gasteiger partial charge in [0.2, 0.25) is 11.8 Å². The molecule has 2 N–H and O–H groups in total. The van der Waals surface area contributed by atoms with Crippen molar-refractivity contribution in [2.45, 2.75) is 25.0 Å². The van der Waals surface area contributed by atoms with Crippen LogP contribution < -0.4 is 25.7 Å². The lowest BCUT2D eigenvalue weighted by molar-refractivity contribution is -0.142. The highest BCUT2D eigenvalue weighted by Crippen LogP contribution is 2.28. The van der Waals surface area contributed by atoms with Crippen LogP contribution in [0.4, 0.5) is 4.39 Å². The molecule has 39 heavy (non-hydrogen) atoms. The van der Waals surface area contributed by atoms with E-state index in [1.165, 1.54) is 17.0 Å². The van der Waals surface area contributed by atoms with Gasteiger partial charge in [0, 0.05) is 25.6 Å². The maximum absolute atomic E-state index is 13.7. The van der Waals surface area contributed by atoms with Crippen LogP contribution in [-0.2, 0) is 16.1 Å². The van der Waals surface area contributed by atoms with E-state index in [-0.39, 0.29) is 43.3 Å². The smallest absolute Gasteiger partial charge is 0.334 e. The summed E-state index contributed by atoms with van der Waals surface area (Å²) in [6.45, 7) is 0.388. The molecule has 7 nitrogen and oxygen atoms in total. The number of halogens is 1. The first-order valence-electron chi connectivity index (χ1n) is 12.8. The molecular formula is C31H30FN4O3+. The van der Waals surface area contributed by atoms with Crippen molar-refractivity contribution in [1.82, 2.24) is 14.5 Å². The van der Waals surface area contributed by atoms with Crippen molar-refractivity contribution < 1.29 is 18.7 Å². The van der Waals surface area contributed by atoms with Crippen LogP contribution >= 0.6 is 0 Å². The van der Waals surface area contributed by atoms with E-state index in [0.29, 0.717) is 12.2 Å². The normalized spacial score (nSPS) is 18.2. The molecular weight excluding hydrogens is 495 g/mol. The Morgan fingerprint density at radius 2 is 1.85 bits per heavy atom. The van der Waals surface area contributed by atoms with Gasteiger partial charge < -0.3 is 20.3 Å². The minimum Gasteiger partial charge on any atom is -0.497 e. The molecule has 2 aliphatic rings. The van der Waals surface area contributed by atoms with Crippen LogP contribution in [0.5, 0.6) is 5.75 Å². The lowest BCUT2D eigenvalue weighted by atomic mass is 10.0. The first-order chi connectivity index (χ1) is 18.9. The zero-order valence-electron chi connectivity index (χ0n) is 21.7. The molecule has 8 heteroatoms. The van der Waals surface area contributed by atoms with Crippen molar-refractivity contribution in [3.8, 4) is 5.75 Å². The van der Waals surface area contributed by atoms with Crippen LogP contribution in [-0.4, -0.2) is 54.1 Å². The van der Waals surface area contributed by atoms with Crippen LogP contribution in [0.15, 0.2) is 84.9 Å². The van der Waals surface area contributed by atoms with Gasteiger partial charge >= 0.3 is 5.36 Å². The second-order valence-corrected chi connectivity index (χ2v) is 9.62. The first-order valence-corrected chi connectivity index (χ1v) is 12.8. The molecule has 0 saturated heterocycles. The third kappa shape index (κ3) is 5.82. The summed E-state index contributed by atoms with van der Waals surface area (Å²) in [4.78, 5) is 30.3. The van der Waals surface area contributed by atoms with E-state index in [0.717, 1.165) is 27.3 Å². The van der Waals surface area contributed by atoms with Gasteiger partial charge in [-0.1, -0.05) is 53.2 Å². The number of nitrogens with two attached hydrogens (primary N) is 1. The topological polar surface area (TPSA) is 90.0 Å². The monoisotopic (exact) mass is 525 g/mol. The Morgan fingerprint density at radius 1 is 1.10 bits per heavy atom. The second-order valence-electron chi connectivity index (χ2n) is 9.62. The summed E-state index contributed by atoms with van der Waals surface area (Å²) in [6, 6.07) is 20.1. The quantitative estimate of drug-likeness (QED) is 0.375. The molecule has 0 aromatic heterocycles. The molecule has 2 atom stereocenters. The fourth-order valence-corrected chi connectivity index (χ4v) is 4.92. The molecule has 0 bridgehead atoms. The van der Waals surface area contributed by atoms with Crippen LogP contribution in [0.3, 0.4) is 0 Å². The van der Waals surface area contributed by atoms with Crippen LogP contribution in [0.2, 0.25) is 0 Å². The fraction of sp³-hybridized carbons (Fsp3) is 0.226. The van der Waals surface area contributed by atoms with Crippen LogP contribution in [0, 0.1) is 5.82 Å². The van der Waals surface area contributed by atoms with Gasteiger partial charge in [-0.15, -0.1) is 0 Å². The molecule has 3 aromatic carbocycles. The lowest BCUT2D eigenvalue weighted by Gasteiger charge is -2.35. The van der Waals surface area contributed by atoms with Gasteiger partial charge in [-0.2, -0.15) is 0 Å². The Morgan fingerprint density at radius 3 is 2.59 bits per heavy atom. The van der Waals surface area contributed by atoms with Crippen molar-refractivity contribution in [2.24, 2.45) is 5.73 Å². The summed E-state index contributed by atoms with van der Waals surface area (Å²) in [5.41, 5.74) is 8.95. The third-order valence-electron chi connectivity index (χ3n) is 7.03. The predicted molar refractivity (Wildman–Crippen MR) is 147 cm³/mol. The minimum atomic E-state index is -0.818. The van der Waals surface area contributed by atoms with E-state index in [9.17, 15) is 14.0 Å². The molecule has 0 fully saturated rings. The van der Waals surface area contributed by atoms with Crippen molar-refractivity contribution in [1.29, 1.82) is 0 Å². The molecule has 2 heterocycles. The highest BCUT2D eigenvalue weighted by molar-refractivity contribution is 6.03. The number of amides is 2. The number of benzene rings is 3. The van der Waals surface area contributed by atoms with Crippen molar-refractivity contribution in [2.75, 3.05) is 20.2 Å². The largest absolute Gasteiger partial charge is 0.497 e. The van der Waals surface area contributed by atoms with Gasteiger partial charge in [0.05, 0.1) is 30.0 Å². The van der Waals surface area contributed by atoms with E-state index in [1.54, 1.807) is 30.4 Å². The highest BCUT2D eigenvalue weighted by atomic mass is 19.1. The number of methoxy groups -OCH3 is 1. The Labute approximate surface area is 226 Å². The van der Waals surface area contributed by atoms with E-state index in [2.05, 4.69) is 4.67 Å². The van der Waals surface area contributed by atoms with E-state index < -0.39 is 6.04 Å². The molecule has 0 aliphatic carbocycles. The number of para-hydroxylation sites is 1. The number of carbonyl (C=O) groups excluding carboxylic acids is 2. The molecule has 3 aromatic rings. The SMILES string of the molecule is COc1ccc(C2/C=C\CN(C(=O)C(N)CC3=c4ccccc4=[N+]=C3)CC(=O)N2Cc2ccc(F)cc2)cc1. The zero-order valence-corrected chi connectivity index (χ0v) is 21.7. The van der Waals surface area contributed by atoms with Gasteiger partial charge in [-0.3, -0.25) is 9.59 Å². The molecule has 0 spiro atoms. The van der Waals surface area contributed by atoms with Gasteiger partial charge in [0.15, 0.2) is 0 Å². The predicted octanol–water partition coefficient (Wildman–Crippen LogP) is 1.64. The summed E-state index contributed by atoms with van der Waals surface area (Å²) in [5, 5.41) is 1.83. The number of ether oxygens (including phenoxy) is 1. The van der Waals surface area contributed by atoms with Crippen molar-refractivity contribution in [3.63, 3.8) is 0 Å². The average Bonchev–Trinajstić information content (AvgIpc) is 3.36. The Kier molecular flexibility index (Phi) is 7.68. The number of rotatable bonds is 7. The van der Waals surface area contributed by atoms with Gasteiger partial charge in [-0.05, 0) is 41.5 Å². The summed E-state index contributed by atoms with van der Waals surface area (Å²) < 4.78 is 23.2. The Hall–Kier alpha value is -4.52. The molecule has 198 valence electrons. The number of fused-ring (bicyclic) bond motifs is 1. The number of nitrogens with zero attached hydrogens (tertiary/aromatic N) is 3. The highest BCUT2D eigenvalue weighted by Gasteiger charge is 2.31. The molecule has 0 radical (unpaired) electrons. The average molecular weight is 526 g/mol. The molecule has 2 unspecified atom stereocenters. The van der Waals surface area contributed by atoms with Crippen LogP contribution in [0.25, 0.3) is 5.57 Å². The standard InChI is InChI=1S/C31H30FN4O3/c1-39-25-14-10-22(11-15-25)29-7-4-16-35(20-30(37)36(29)19-21-8-12-24(32)13-9-21)31(38)27(33)17-23-18-34-28-6-3-2-5-26(23)28/h2-15,18,27,29H,16-17,19-20,33H2,1H3/q+1/b7-4-. The summed E-state index contributed by atoms with van der Waals surface area (Å²) in [7, 11) is 1.60. The zero-order chi connectivity index (χ0) is 27.4. The first kappa shape index (κ1) is 26.1. The van der Waals surface area contributed by atoms with Crippen molar-refractivity contribution in [3.05, 3.63) is 112 Å². The summed E-state index contributed by atoms with van der Waals surface area (Å²) >= 11 is 0. The molecule has 0 saturated carbocycles. The Balaban J connectivity index is 1.39. The van der Waals surface area contributed by atoms with Gasteiger partial charge in [-0.25, -0.2) is 4.39 Å². The van der Waals surface area contributed by atoms with E-state index >= 15 is 0 Å². The van der Waals surface area contributed by atoms with Gasteiger partial charge in [0.1, 0.15) is 18.1 Å². The van der Waals surface area contributed by atoms with E-state index in [4.69, 9.17) is 10.5 Å². The number of carbonyl (C=O) groups is 2. The van der Waals surface area contributed by atoms with Crippen molar-refractivity contribution >= 4 is 23.6 Å². The minimum absolute atomic E-state index is 0.120. The van der Waals surface area contributed by atoms with Gasteiger partial charge in [0.25, 0.3) is 6.21 Å². The maximum atomic E-state index is 13.7. The summed E-state index contributed by atoms with van der Waals surface area (Å²) in [5.74, 6) is -0.167. The fourth-order valence-electron chi connectivity index (χ4n) is 4.92. The maximum Gasteiger partial charge on any atom is 0.334 e. The molecule has 2 aliphatic heterocycles. The summed E-state index contributed by atoms with van der Waals surface area (Å²) in [6.07, 6.45) is 5.88. The number of hydrogen-bond acceptors (Lipinski definition) is 4.